The van der Waals surface area contributed by atoms with Crippen LogP contribution in [0, 0.1) is 11.8 Å². The van der Waals surface area contributed by atoms with Crippen molar-refractivity contribution in [2.24, 2.45) is 11.8 Å². The smallest absolute Gasteiger partial charge is 0.243 e. The number of nitrogens with one attached hydrogen (secondary N) is 1. The van der Waals surface area contributed by atoms with Crippen LogP contribution in [0.4, 0.5) is 0 Å². The third kappa shape index (κ3) is 8.88. The number of allylic oxidation sites excluding steroid dienone is 4. The van der Waals surface area contributed by atoms with Crippen molar-refractivity contribution in [2.45, 2.75) is 96.8 Å². The minimum absolute atomic E-state index is 0.0488. The van der Waals surface area contributed by atoms with Crippen molar-refractivity contribution < 1.29 is 14.6 Å². The Kier molecular flexibility index (Phi) is 9.64. The molecule has 29 heavy (non-hydrogen) atoms. The van der Waals surface area contributed by atoms with E-state index < -0.39 is 0 Å². The Morgan fingerprint density at radius 2 is 1.90 bits per heavy atom. The summed E-state index contributed by atoms with van der Waals surface area (Å²) in [6.45, 7) is 8.65. The summed E-state index contributed by atoms with van der Waals surface area (Å²) in [5.41, 5.74) is 1.11. The van der Waals surface area contributed by atoms with Gasteiger partial charge in [-0.2, -0.15) is 0 Å². The van der Waals surface area contributed by atoms with Crippen LogP contribution in [0.5, 0.6) is 0 Å². The van der Waals surface area contributed by atoms with E-state index in [0.29, 0.717) is 17.9 Å². The summed E-state index contributed by atoms with van der Waals surface area (Å²) in [5.74, 6) is 1.08. The summed E-state index contributed by atoms with van der Waals surface area (Å²) in [4.78, 5) is 11.8. The summed E-state index contributed by atoms with van der Waals surface area (Å²) in [5, 5.41) is 12.7. The lowest BCUT2D eigenvalue weighted by molar-refractivity contribution is -0.117. The van der Waals surface area contributed by atoms with Gasteiger partial charge in [0.15, 0.2) is 0 Å². The molecule has 1 aliphatic heterocycles. The Morgan fingerprint density at radius 3 is 2.55 bits per heavy atom. The van der Waals surface area contributed by atoms with Crippen molar-refractivity contribution in [3.8, 4) is 0 Å². The van der Waals surface area contributed by atoms with Crippen LogP contribution < -0.4 is 5.32 Å². The van der Waals surface area contributed by atoms with E-state index >= 15 is 0 Å². The zero-order chi connectivity index (χ0) is 21.3. The molecule has 0 spiro atoms. The molecule has 0 bridgehead atoms. The van der Waals surface area contributed by atoms with Crippen LogP contribution in [0.2, 0.25) is 0 Å². The van der Waals surface area contributed by atoms with Crippen molar-refractivity contribution >= 4 is 5.91 Å². The molecular formula is C25H41NO3. The van der Waals surface area contributed by atoms with Gasteiger partial charge in [-0.15, -0.1) is 0 Å². The van der Waals surface area contributed by atoms with Crippen LogP contribution >= 0.6 is 0 Å². The maximum Gasteiger partial charge on any atom is 0.243 e. The van der Waals surface area contributed by atoms with Gasteiger partial charge in [0.2, 0.25) is 5.91 Å². The van der Waals surface area contributed by atoms with Crippen molar-refractivity contribution in [1.82, 2.24) is 5.32 Å². The highest BCUT2D eigenvalue weighted by molar-refractivity contribution is 5.87. The van der Waals surface area contributed by atoms with Gasteiger partial charge >= 0.3 is 0 Å². The summed E-state index contributed by atoms with van der Waals surface area (Å²) in [6, 6.07) is 0.330. The van der Waals surface area contributed by atoms with Crippen LogP contribution in [-0.2, 0) is 9.53 Å². The first-order valence-corrected chi connectivity index (χ1v) is 11.4. The van der Waals surface area contributed by atoms with Gasteiger partial charge < -0.3 is 15.2 Å². The first-order chi connectivity index (χ1) is 13.8. The SMILES string of the molecule is CC/C=C\C(=O)NC1CCC(C/C=C(C)/C=C/[C@@H]2CC(CO)CC(C)(C)O2)CC1. The molecule has 0 aromatic rings. The second-order valence-electron chi connectivity index (χ2n) is 9.48. The van der Waals surface area contributed by atoms with Gasteiger partial charge in [-0.25, -0.2) is 0 Å². The molecule has 0 radical (unpaired) electrons. The molecule has 2 aliphatic rings. The number of hydrogen-bond donors (Lipinski definition) is 2. The monoisotopic (exact) mass is 403 g/mol. The average molecular weight is 404 g/mol. The van der Waals surface area contributed by atoms with E-state index in [0.717, 1.165) is 38.5 Å². The minimum atomic E-state index is -0.168. The molecule has 1 saturated heterocycles. The van der Waals surface area contributed by atoms with Crippen LogP contribution in [0.1, 0.15) is 79.1 Å². The molecule has 1 saturated carbocycles. The summed E-state index contributed by atoms with van der Waals surface area (Å²) in [7, 11) is 0. The van der Waals surface area contributed by atoms with E-state index in [2.05, 4.69) is 44.3 Å². The van der Waals surface area contributed by atoms with Gasteiger partial charge in [0.1, 0.15) is 0 Å². The molecule has 2 rings (SSSR count). The van der Waals surface area contributed by atoms with Gasteiger partial charge in [0.05, 0.1) is 11.7 Å². The van der Waals surface area contributed by atoms with Gasteiger partial charge in [0.25, 0.3) is 0 Å². The van der Waals surface area contributed by atoms with Crippen molar-refractivity contribution in [3.63, 3.8) is 0 Å². The number of rotatable bonds is 8. The van der Waals surface area contributed by atoms with E-state index in [1.807, 2.05) is 13.0 Å². The molecule has 4 nitrogen and oxygen atoms in total. The lowest BCUT2D eigenvalue weighted by Crippen LogP contribution is -2.39. The minimum Gasteiger partial charge on any atom is -0.396 e. The number of carbonyl (C=O) groups excluding carboxylic acids is 1. The first-order valence-electron chi connectivity index (χ1n) is 11.4. The normalized spacial score (nSPS) is 30.7. The highest BCUT2D eigenvalue weighted by Gasteiger charge is 2.33. The molecule has 4 heteroatoms. The number of amides is 1. The Morgan fingerprint density at radius 1 is 1.17 bits per heavy atom. The fourth-order valence-corrected chi connectivity index (χ4v) is 4.57. The topological polar surface area (TPSA) is 58.6 Å². The zero-order valence-corrected chi connectivity index (χ0v) is 18.8. The standard InChI is InChI=1S/C25H41NO3/c1-5-6-7-24(28)26-22-13-11-20(12-14-22)10-8-19(2)9-15-23-16-21(18-27)17-25(3,4)29-23/h6-9,15,20-23,27H,5,10-14,16-18H2,1-4H3,(H,26,28)/b7-6-,15-9+,19-8+/t20?,21?,22?,23-/m1/s1. The molecule has 1 unspecified atom stereocenters. The zero-order valence-electron chi connectivity index (χ0n) is 18.8. The number of aliphatic hydroxyl groups excluding tert-OH is 1. The van der Waals surface area contributed by atoms with Crippen molar-refractivity contribution in [3.05, 3.63) is 36.0 Å². The van der Waals surface area contributed by atoms with Gasteiger partial charge in [-0.1, -0.05) is 36.8 Å². The van der Waals surface area contributed by atoms with Gasteiger partial charge in [-0.3, -0.25) is 4.79 Å². The van der Waals surface area contributed by atoms with Crippen LogP contribution in [0.3, 0.4) is 0 Å². The molecular weight excluding hydrogens is 362 g/mol. The third-order valence-electron chi connectivity index (χ3n) is 6.12. The number of ether oxygens (including phenoxy) is 1. The van der Waals surface area contributed by atoms with E-state index in [-0.39, 0.29) is 24.2 Å². The molecule has 1 heterocycles. The fourth-order valence-electron chi connectivity index (χ4n) is 4.57. The van der Waals surface area contributed by atoms with Gasteiger partial charge in [0, 0.05) is 12.6 Å². The van der Waals surface area contributed by atoms with Gasteiger partial charge in [-0.05, 0) is 90.0 Å². The van der Waals surface area contributed by atoms with Crippen LogP contribution in [-0.4, -0.2) is 35.4 Å². The van der Waals surface area contributed by atoms with E-state index in [1.165, 1.54) is 18.4 Å². The second-order valence-corrected chi connectivity index (χ2v) is 9.48. The molecule has 1 amide bonds. The van der Waals surface area contributed by atoms with Crippen LogP contribution in [0.15, 0.2) is 36.0 Å². The lowest BCUT2D eigenvalue weighted by Gasteiger charge is -2.39. The Labute approximate surface area is 177 Å². The summed E-state index contributed by atoms with van der Waals surface area (Å²) in [6.07, 6.45) is 18.6. The molecule has 2 atom stereocenters. The third-order valence-corrected chi connectivity index (χ3v) is 6.12. The molecule has 0 aromatic carbocycles. The lowest BCUT2D eigenvalue weighted by atomic mass is 9.83. The summed E-state index contributed by atoms with van der Waals surface area (Å²) >= 11 is 0. The highest BCUT2D eigenvalue weighted by Crippen LogP contribution is 2.33. The second kappa shape index (κ2) is 11.7. The molecule has 2 N–H and O–H groups in total. The van der Waals surface area contributed by atoms with Crippen molar-refractivity contribution in [1.29, 1.82) is 0 Å². The number of hydrogen-bond acceptors (Lipinski definition) is 3. The number of aliphatic hydroxyl groups is 1. The van der Waals surface area contributed by atoms with Crippen molar-refractivity contribution in [2.75, 3.05) is 6.61 Å². The van der Waals surface area contributed by atoms with E-state index in [1.54, 1.807) is 6.08 Å². The summed E-state index contributed by atoms with van der Waals surface area (Å²) < 4.78 is 6.15. The Hall–Kier alpha value is -1.39. The number of carbonyl (C=O) groups is 1. The first kappa shape index (κ1) is 23.9. The predicted molar refractivity (Wildman–Crippen MR) is 120 cm³/mol. The van der Waals surface area contributed by atoms with E-state index in [9.17, 15) is 9.90 Å². The maximum absolute atomic E-state index is 11.8. The molecule has 0 aromatic heterocycles. The highest BCUT2D eigenvalue weighted by atomic mass is 16.5. The Balaban J connectivity index is 1.74. The Bertz CT molecular complexity index is 597. The quantitative estimate of drug-likeness (QED) is 0.438. The molecule has 1 aliphatic carbocycles. The van der Waals surface area contributed by atoms with Crippen LogP contribution in [0.25, 0.3) is 0 Å². The molecule has 2 fully saturated rings. The maximum atomic E-state index is 11.8. The molecule has 164 valence electrons. The predicted octanol–water partition coefficient (Wildman–Crippen LogP) is 5.09. The van der Waals surface area contributed by atoms with E-state index in [4.69, 9.17) is 4.74 Å². The largest absolute Gasteiger partial charge is 0.396 e. The fraction of sp³-hybridized carbons (Fsp3) is 0.720. The average Bonchev–Trinajstić information content (AvgIpc) is 2.69.